The number of carbonyl (C=O) groups excluding carboxylic acids is 1. The molecule has 1 atom stereocenters. The van der Waals surface area contributed by atoms with Gasteiger partial charge in [0.2, 0.25) is 0 Å². The van der Waals surface area contributed by atoms with Crippen molar-refractivity contribution in [3.8, 4) is 5.75 Å². The summed E-state index contributed by atoms with van der Waals surface area (Å²) in [6.07, 6.45) is 2.77. The van der Waals surface area contributed by atoms with Gasteiger partial charge in [0.05, 0.1) is 12.8 Å². The highest BCUT2D eigenvalue weighted by Gasteiger charge is 2.23. The summed E-state index contributed by atoms with van der Waals surface area (Å²) in [7, 11) is 1.66. The second-order valence-corrected chi connectivity index (χ2v) is 6.73. The van der Waals surface area contributed by atoms with Crippen molar-refractivity contribution in [1.82, 2.24) is 4.98 Å². The molecule has 3 heteroatoms. The lowest BCUT2D eigenvalue weighted by atomic mass is 9.79. The highest BCUT2D eigenvalue weighted by Crippen LogP contribution is 2.29. The van der Waals surface area contributed by atoms with Gasteiger partial charge in [-0.05, 0) is 25.2 Å². The first-order valence-corrected chi connectivity index (χ1v) is 7.17. The Bertz CT molecular complexity index is 486. The van der Waals surface area contributed by atoms with E-state index in [1.807, 2.05) is 13.8 Å². The molecule has 0 aromatic carbocycles. The lowest BCUT2D eigenvalue weighted by Crippen LogP contribution is -2.21. The van der Waals surface area contributed by atoms with Gasteiger partial charge >= 0.3 is 0 Å². The minimum Gasteiger partial charge on any atom is -0.496 e. The number of pyridine rings is 1. The van der Waals surface area contributed by atoms with Crippen molar-refractivity contribution in [3.05, 3.63) is 23.0 Å². The molecular formula is C17H27NO2. The first-order valence-electron chi connectivity index (χ1n) is 7.17. The Kier molecular flexibility index (Phi) is 5.32. The van der Waals surface area contributed by atoms with Gasteiger partial charge < -0.3 is 4.74 Å². The molecule has 0 N–H and O–H groups in total. The van der Waals surface area contributed by atoms with E-state index >= 15 is 0 Å². The van der Waals surface area contributed by atoms with Gasteiger partial charge in [0.15, 0.2) is 0 Å². The smallest absolute Gasteiger partial charge is 0.139 e. The number of ether oxygens (including phenoxy) is 1. The highest BCUT2D eigenvalue weighted by atomic mass is 16.5. The fourth-order valence-electron chi connectivity index (χ4n) is 2.16. The molecule has 0 bridgehead atoms. The number of aryl methyl sites for hydroxylation is 1. The number of carbonyl (C=O) groups is 1. The van der Waals surface area contributed by atoms with Crippen LogP contribution in [-0.2, 0) is 11.2 Å². The van der Waals surface area contributed by atoms with Crippen LogP contribution in [0.25, 0.3) is 0 Å². The number of rotatable bonds is 5. The van der Waals surface area contributed by atoms with Gasteiger partial charge in [-0.25, -0.2) is 0 Å². The molecule has 0 aliphatic carbocycles. The standard InChI is InChI=1S/C17H27NO2/c1-11-10-18-15(13(3)16(11)20-7)9-14(19)8-12(2)17(4,5)6/h10,12H,8-9H2,1-7H3. The van der Waals surface area contributed by atoms with E-state index in [9.17, 15) is 4.79 Å². The molecule has 0 spiro atoms. The summed E-state index contributed by atoms with van der Waals surface area (Å²) < 4.78 is 5.38. The van der Waals surface area contributed by atoms with Crippen LogP contribution in [0, 0.1) is 25.2 Å². The lowest BCUT2D eigenvalue weighted by Gasteiger charge is -2.26. The van der Waals surface area contributed by atoms with Crippen LogP contribution in [0.15, 0.2) is 6.20 Å². The van der Waals surface area contributed by atoms with E-state index in [0.717, 1.165) is 22.6 Å². The third-order valence-electron chi connectivity index (χ3n) is 4.13. The Morgan fingerprint density at radius 3 is 2.45 bits per heavy atom. The zero-order valence-corrected chi connectivity index (χ0v) is 13.8. The van der Waals surface area contributed by atoms with Crippen molar-refractivity contribution in [1.29, 1.82) is 0 Å². The third-order valence-corrected chi connectivity index (χ3v) is 4.13. The molecule has 0 saturated heterocycles. The van der Waals surface area contributed by atoms with Crippen LogP contribution in [0.4, 0.5) is 0 Å². The number of methoxy groups -OCH3 is 1. The average molecular weight is 277 g/mol. The van der Waals surface area contributed by atoms with Crippen LogP contribution in [0.1, 0.15) is 50.9 Å². The minimum atomic E-state index is 0.156. The molecule has 1 aromatic rings. The monoisotopic (exact) mass is 277 g/mol. The van der Waals surface area contributed by atoms with E-state index in [4.69, 9.17) is 4.74 Å². The number of hydrogen-bond donors (Lipinski definition) is 0. The predicted molar refractivity (Wildman–Crippen MR) is 82.2 cm³/mol. The zero-order valence-electron chi connectivity index (χ0n) is 13.8. The zero-order chi connectivity index (χ0) is 15.5. The van der Waals surface area contributed by atoms with Crippen molar-refractivity contribution < 1.29 is 9.53 Å². The molecule has 20 heavy (non-hydrogen) atoms. The summed E-state index contributed by atoms with van der Waals surface area (Å²) in [4.78, 5) is 16.6. The molecule has 1 aromatic heterocycles. The maximum atomic E-state index is 12.2. The van der Waals surface area contributed by atoms with Gasteiger partial charge in [-0.15, -0.1) is 0 Å². The Hall–Kier alpha value is -1.38. The molecular weight excluding hydrogens is 250 g/mol. The van der Waals surface area contributed by atoms with Crippen LogP contribution in [0.2, 0.25) is 0 Å². The van der Waals surface area contributed by atoms with Gasteiger partial charge in [-0.3, -0.25) is 9.78 Å². The van der Waals surface area contributed by atoms with Gasteiger partial charge in [0.1, 0.15) is 11.5 Å². The number of nitrogens with zero attached hydrogens (tertiary/aromatic N) is 1. The van der Waals surface area contributed by atoms with Crippen LogP contribution in [0.5, 0.6) is 5.75 Å². The molecule has 3 nitrogen and oxygen atoms in total. The number of Topliss-reactive ketones (excluding diaryl/α,β-unsaturated/α-hetero) is 1. The van der Waals surface area contributed by atoms with Crippen molar-refractivity contribution in [2.75, 3.05) is 7.11 Å². The molecule has 0 amide bonds. The first-order chi connectivity index (χ1) is 9.16. The second kappa shape index (κ2) is 6.38. The van der Waals surface area contributed by atoms with Gasteiger partial charge in [-0.1, -0.05) is 27.7 Å². The Labute approximate surface area is 122 Å². The first kappa shape index (κ1) is 16.7. The normalized spacial score (nSPS) is 13.2. The molecule has 0 radical (unpaired) electrons. The van der Waals surface area contributed by atoms with Crippen LogP contribution >= 0.6 is 0 Å². The fraction of sp³-hybridized carbons (Fsp3) is 0.647. The molecule has 0 fully saturated rings. The van der Waals surface area contributed by atoms with Crippen molar-refractivity contribution in [2.45, 2.75) is 54.4 Å². The molecule has 0 aliphatic heterocycles. The number of aromatic nitrogens is 1. The Morgan fingerprint density at radius 1 is 1.35 bits per heavy atom. The SMILES string of the molecule is COc1c(C)cnc(CC(=O)CC(C)C(C)(C)C)c1C. The molecule has 0 aliphatic rings. The van der Waals surface area contributed by atoms with Crippen molar-refractivity contribution in [3.63, 3.8) is 0 Å². The summed E-state index contributed by atoms with van der Waals surface area (Å²) >= 11 is 0. The number of hydrogen-bond acceptors (Lipinski definition) is 3. The molecule has 1 heterocycles. The summed E-state index contributed by atoms with van der Waals surface area (Å²) in [5, 5.41) is 0. The maximum absolute atomic E-state index is 12.2. The minimum absolute atomic E-state index is 0.156. The summed E-state index contributed by atoms with van der Waals surface area (Å²) in [5.41, 5.74) is 2.97. The highest BCUT2D eigenvalue weighted by molar-refractivity contribution is 5.81. The van der Waals surface area contributed by atoms with Crippen LogP contribution in [0.3, 0.4) is 0 Å². The molecule has 1 unspecified atom stereocenters. The van der Waals surface area contributed by atoms with E-state index < -0.39 is 0 Å². The maximum Gasteiger partial charge on any atom is 0.139 e. The largest absolute Gasteiger partial charge is 0.496 e. The summed E-state index contributed by atoms with van der Waals surface area (Å²) in [6.45, 7) is 12.6. The molecule has 112 valence electrons. The lowest BCUT2D eigenvalue weighted by molar-refractivity contribution is -0.120. The quantitative estimate of drug-likeness (QED) is 0.819. The molecule has 1 rings (SSSR count). The van der Waals surface area contributed by atoms with E-state index in [1.165, 1.54) is 0 Å². The van der Waals surface area contributed by atoms with Gasteiger partial charge in [0, 0.05) is 30.2 Å². The van der Waals surface area contributed by atoms with E-state index in [-0.39, 0.29) is 11.2 Å². The average Bonchev–Trinajstić information content (AvgIpc) is 2.32. The summed E-state index contributed by atoms with van der Waals surface area (Å²) in [5.74, 6) is 1.45. The van der Waals surface area contributed by atoms with Gasteiger partial charge in [0.25, 0.3) is 0 Å². The van der Waals surface area contributed by atoms with Gasteiger partial charge in [-0.2, -0.15) is 0 Å². The van der Waals surface area contributed by atoms with E-state index in [1.54, 1.807) is 13.3 Å². The third kappa shape index (κ3) is 4.06. The van der Waals surface area contributed by atoms with Crippen molar-refractivity contribution in [2.24, 2.45) is 11.3 Å². The van der Waals surface area contributed by atoms with E-state index in [0.29, 0.717) is 18.8 Å². The number of ketones is 1. The second-order valence-electron chi connectivity index (χ2n) is 6.73. The fourth-order valence-corrected chi connectivity index (χ4v) is 2.16. The Balaban J connectivity index is 2.82. The van der Waals surface area contributed by atoms with E-state index in [2.05, 4.69) is 32.7 Å². The van der Waals surface area contributed by atoms with Crippen LogP contribution in [-0.4, -0.2) is 17.9 Å². The van der Waals surface area contributed by atoms with Crippen LogP contribution < -0.4 is 4.74 Å². The molecule has 0 saturated carbocycles. The predicted octanol–water partition coefficient (Wildman–Crippen LogP) is 3.89. The summed E-state index contributed by atoms with van der Waals surface area (Å²) in [6, 6.07) is 0. The topological polar surface area (TPSA) is 39.2 Å². The Morgan fingerprint density at radius 2 is 1.95 bits per heavy atom. The van der Waals surface area contributed by atoms with Crippen molar-refractivity contribution >= 4 is 5.78 Å².